The molecule has 1 aromatic carbocycles. The van der Waals surface area contributed by atoms with E-state index in [2.05, 4.69) is 35.2 Å². The quantitative estimate of drug-likeness (QED) is 0.846. The van der Waals surface area contributed by atoms with E-state index < -0.39 is 0 Å². The predicted molar refractivity (Wildman–Crippen MR) is 74.5 cm³/mol. The van der Waals surface area contributed by atoms with Crippen LogP contribution in [0.4, 0.5) is 0 Å². The molecule has 17 heavy (non-hydrogen) atoms. The third kappa shape index (κ3) is 3.42. The first-order valence-electron chi connectivity index (χ1n) is 6.02. The lowest BCUT2D eigenvalue weighted by molar-refractivity contribution is 0.333. The van der Waals surface area contributed by atoms with Gasteiger partial charge in [-0.2, -0.15) is 0 Å². The molecule has 1 fully saturated rings. The van der Waals surface area contributed by atoms with Crippen LogP contribution in [0.1, 0.15) is 11.5 Å². The average Bonchev–Trinajstić information content (AvgIpc) is 2.74. The van der Waals surface area contributed by atoms with Crippen LogP contribution in [-0.4, -0.2) is 37.6 Å². The zero-order valence-corrected chi connectivity index (χ0v) is 10.9. The van der Waals surface area contributed by atoms with Crippen molar-refractivity contribution < 1.29 is 0 Å². The third-order valence-corrected chi connectivity index (χ3v) is 3.49. The van der Waals surface area contributed by atoms with E-state index in [1.54, 1.807) is 0 Å². The largest absolute Gasteiger partial charge is 0.330 e. The summed E-state index contributed by atoms with van der Waals surface area (Å²) in [5.74, 6) is 1.16. The van der Waals surface area contributed by atoms with Crippen molar-refractivity contribution in [1.82, 2.24) is 4.90 Å². The molecule has 96 valence electrons. The number of benzene rings is 1. The van der Waals surface area contributed by atoms with Crippen molar-refractivity contribution in [3.05, 3.63) is 35.9 Å². The number of likely N-dealkylation sites (tertiary alicyclic amines) is 1. The Morgan fingerprint density at radius 3 is 2.41 bits per heavy atom. The molecule has 0 aromatic heterocycles. The standard InChI is InChI=1S/C13H21N3.ClH/c14-6-7-16-9-12(8-15)13(10-16)11-4-2-1-3-5-11;/h1-5,12-13H,6-10,14-15H2;1H/t12-,13+;/m1./s1. The maximum Gasteiger partial charge on any atom is 0.0105 e. The number of hydrogen-bond acceptors (Lipinski definition) is 3. The van der Waals surface area contributed by atoms with Crippen LogP contribution in [-0.2, 0) is 0 Å². The molecule has 0 unspecified atom stereocenters. The van der Waals surface area contributed by atoms with E-state index >= 15 is 0 Å². The second-order valence-electron chi connectivity index (χ2n) is 4.56. The summed E-state index contributed by atoms with van der Waals surface area (Å²) in [7, 11) is 0. The molecule has 4 heteroatoms. The van der Waals surface area contributed by atoms with Crippen LogP contribution < -0.4 is 11.5 Å². The van der Waals surface area contributed by atoms with E-state index in [1.165, 1.54) is 5.56 Å². The monoisotopic (exact) mass is 255 g/mol. The Labute approximate surface area is 110 Å². The lowest BCUT2D eigenvalue weighted by Crippen LogP contribution is -2.28. The van der Waals surface area contributed by atoms with Gasteiger partial charge in [-0.15, -0.1) is 12.4 Å². The smallest absolute Gasteiger partial charge is 0.0105 e. The summed E-state index contributed by atoms with van der Waals surface area (Å²) in [6.45, 7) is 4.68. The molecule has 1 aromatic rings. The summed E-state index contributed by atoms with van der Waals surface area (Å²) in [5, 5.41) is 0. The first kappa shape index (κ1) is 14.5. The molecule has 1 saturated heterocycles. The minimum Gasteiger partial charge on any atom is -0.330 e. The zero-order valence-electron chi connectivity index (χ0n) is 10.1. The maximum absolute atomic E-state index is 5.86. The number of rotatable bonds is 4. The van der Waals surface area contributed by atoms with Crippen LogP contribution in [0.3, 0.4) is 0 Å². The van der Waals surface area contributed by atoms with E-state index in [-0.39, 0.29) is 12.4 Å². The Morgan fingerprint density at radius 2 is 1.82 bits per heavy atom. The molecule has 1 aliphatic heterocycles. The minimum atomic E-state index is 0. The van der Waals surface area contributed by atoms with Crippen LogP contribution in [0.15, 0.2) is 30.3 Å². The molecule has 2 atom stereocenters. The highest BCUT2D eigenvalue weighted by Crippen LogP contribution is 2.31. The van der Waals surface area contributed by atoms with Crippen molar-refractivity contribution in [2.75, 3.05) is 32.7 Å². The topological polar surface area (TPSA) is 55.3 Å². The average molecular weight is 256 g/mol. The van der Waals surface area contributed by atoms with Gasteiger partial charge >= 0.3 is 0 Å². The van der Waals surface area contributed by atoms with Gasteiger partial charge in [-0.25, -0.2) is 0 Å². The molecule has 0 aliphatic carbocycles. The molecule has 4 N–H and O–H groups in total. The predicted octanol–water partition coefficient (Wildman–Crippen LogP) is 1.04. The van der Waals surface area contributed by atoms with Crippen molar-refractivity contribution in [3.63, 3.8) is 0 Å². The van der Waals surface area contributed by atoms with E-state index in [0.717, 1.165) is 32.7 Å². The van der Waals surface area contributed by atoms with Crippen molar-refractivity contribution in [2.45, 2.75) is 5.92 Å². The minimum absolute atomic E-state index is 0. The van der Waals surface area contributed by atoms with Crippen LogP contribution in [0.25, 0.3) is 0 Å². The second kappa shape index (κ2) is 6.97. The number of hydrogen-bond donors (Lipinski definition) is 2. The van der Waals surface area contributed by atoms with Crippen LogP contribution in [0, 0.1) is 5.92 Å². The highest BCUT2D eigenvalue weighted by atomic mass is 35.5. The number of halogens is 1. The Hall–Kier alpha value is -0.610. The molecule has 0 bridgehead atoms. The summed E-state index contributed by atoms with van der Waals surface area (Å²) in [4.78, 5) is 2.43. The summed E-state index contributed by atoms with van der Waals surface area (Å²) in [6.07, 6.45) is 0. The molecular weight excluding hydrogens is 234 g/mol. The summed E-state index contributed by atoms with van der Waals surface area (Å²) in [6, 6.07) is 10.7. The lowest BCUT2D eigenvalue weighted by atomic mass is 9.89. The first-order chi connectivity index (χ1) is 7.85. The van der Waals surface area contributed by atoms with Gasteiger partial charge in [-0.05, 0) is 18.0 Å². The van der Waals surface area contributed by atoms with Crippen molar-refractivity contribution in [1.29, 1.82) is 0 Å². The van der Waals surface area contributed by atoms with E-state index in [1.807, 2.05) is 0 Å². The molecule has 0 saturated carbocycles. The third-order valence-electron chi connectivity index (χ3n) is 3.49. The van der Waals surface area contributed by atoms with E-state index in [9.17, 15) is 0 Å². The highest BCUT2D eigenvalue weighted by Gasteiger charge is 2.31. The van der Waals surface area contributed by atoms with Gasteiger partial charge in [0.2, 0.25) is 0 Å². The van der Waals surface area contributed by atoms with Crippen molar-refractivity contribution in [2.24, 2.45) is 17.4 Å². The summed E-state index contributed by atoms with van der Waals surface area (Å²) >= 11 is 0. The highest BCUT2D eigenvalue weighted by molar-refractivity contribution is 5.85. The van der Waals surface area contributed by atoms with Gasteiger partial charge < -0.3 is 16.4 Å². The van der Waals surface area contributed by atoms with Gasteiger partial charge in [0, 0.05) is 32.1 Å². The van der Waals surface area contributed by atoms with Crippen LogP contribution >= 0.6 is 12.4 Å². The fourth-order valence-corrected chi connectivity index (χ4v) is 2.64. The SMILES string of the molecule is Cl.NCCN1C[C@@H](CN)[C@H](c2ccccc2)C1. The fraction of sp³-hybridized carbons (Fsp3) is 0.538. The molecule has 1 aliphatic rings. The van der Waals surface area contributed by atoms with Crippen LogP contribution in [0.2, 0.25) is 0 Å². The van der Waals surface area contributed by atoms with Gasteiger partial charge in [-0.1, -0.05) is 30.3 Å². The first-order valence-corrected chi connectivity index (χ1v) is 6.02. The Kier molecular flexibility index (Phi) is 5.92. The Bertz CT molecular complexity index is 318. The molecule has 3 nitrogen and oxygen atoms in total. The lowest BCUT2D eigenvalue weighted by Gasteiger charge is -2.16. The molecule has 0 spiro atoms. The van der Waals surface area contributed by atoms with Crippen molar-refractivity contribution in [3.8, 4) is 0 Å². The van der Waals surface area contributed by atoms with Gasteiger partial charge in [0.1, 0.15) is 0 Å². The number of nitrogens with zero attached hydrogens (tertiary/aromatic N) is 1. The molecule has 0 amide bonds. The summed E-state index contributed by atoms with van der Waals surface area (Å²) < 4.78 is 0. The fourth-order valence-electron chi connectivity index (χ4n) is 2.64. The van der Waals surface area contributed by atoms with Gasteiger partial charge in [-0.3, -0.25) is 0 Å². The normalized spacial score (nSPS) is 24.6. The van der Waals surface area contributed by atoms with Gasteiger partial charge in [0.05, 0.1) is 0 Å². The molecule has 1 heterocycles. The molecule has 0 radical (unpaired) electrons. The number of nitrogens with two attached hydrogens (primary N) is 2. The van der Waals surface area contributed by atoms with E-state index in [0.29, 0.717) is 11.8 Å². The Balaban J connectivity index is 0.00000144. The van der Waals surface area contributed by atoms with E-state index in [4.69, 9.17) is 11.5 Å². The van der Waals surface area contributed by atoms with Gasteiger partial charge in [0.25, 0.3) is 0 Å². The zero-order chi connectivity index (χ0) is 11.4. The molecule has 2 rings (SSSR count). The molecular formula is C13H22ClN3. The summed E-state index contributed by atoms with van der Waals surface area (Å²) in [5.41, 5.74) is 12.9. The van der Waals surface area contributed by atoms with Crippen molar-refractivity contribution >= 4 is 12.4 Å². The second-order valence-corrected chi connectivity index (χ2v) is 4.56. The van der Waals surface area contributed by atoms with Crippen LogP contribution in [0.5, 0.6) is 0 Å². The maximum atomic E-state index is 5.86. The Morgan fingerprint density at radius 1 is 1.12 bits per heavy atom. The van der Waals surface area contributed by atoms with Gasteiger partial charge in [0.15, 0.2) is 0 Å².